The van der Waals surface area contributed by atoms with Crippen LogP contribution in [0.4, 0.5) is 4.39 Å². The van der Waals surface area contributed by atoms with E-state index in [0.29, 0.717) is 19.0 Å². The Balaban J connectivity index is 1.97. The van der Waals surface area contributed by atoms with Crippen molar-refractivity contribution in [1.82, 2.24) is 15.3 Å². The number of carbonyl (C=O) groups excluding carboxylic acids is 1. The number of nitrogens with zero attached hydrogens (tertiary/aromatic N) is 2. The lowest BCUT2D eigenvalue weighted by Crippen LogP contribution is -2.24. The van der Waals surface area contributed by atoms with Crippen molar-refractivity contribution in [3.63, 3.8) is 0 Å². The number of hydrogen-bond acceptors (Lipinski definition) is 4. The quantitative estimate of drug-likeness (QED) is 0.905. The van der Waals surface area contributed by atoms with Gasteiger partial charge in [-0.05, 0) is 24.6 Å². The summed E-state index contributed by atoms with van der Waals surface area (Å²) in [5.41, 5.74) is 1.03. The molecule has 1 aromatic carbocycles. The highest BCUT2D eigenvalue weighted by atomic mass is 19.1. The maximum absolute atomic E-state index is 12.7. The minimum atomic E-state index is -0.335. The smallest absolute Gasteiger partial charge is 0.270 e. The second kappa shape index (κ2) is 6.60. The largest absolute Gasteiger partial charge is 0.478 e. The third-order valence-corrected chi connectivity index (χ3v) is 2.53. The molecule has 0 radical (unpaired) electrons. The molecule has 1 heterocycles. The molecule has 0 aliphatic heterocycles. The molecule has 6 heteroatoms. The van der Waals surface area contributed by atoms with Gasteiger partial charge in [0.25, 0.3) is 5.91 Å². The average Bonchev–Trinajstić information content (AvgIpc) is 2.47. The van der Waals surface area contributed by atoms with E-state index in [2.05, 4.69) is 15.3 Å². The van der Waals surface area contributed by atoms with Gasteiger partial charge in [-0.2, -0.15) is 0 Å². The number of nitrogens with one attached hydrogen (secondary N) is 1. The highest BCUT2D eigenvalue weighted by Crippen LogP contribution is 2.07. The Hall–Kier alpha value is -2.50. The second-order valence-corrected chi connectivity index (χ2v) is 3.98. The van der Waals surface area contributed by atoms with Crippen molar-refractivity contribution in [3.05, 3.63) is 53.7 Å². The summed E-state index contributed by atoms with van der Waals surface area (Å²) >= 11 is 0. The third-order valence-electron chi connectivity index (χ3n) is 2.53. The number of amides is 1. The molecule has 1 N–H and O–H groups in total. The minimum Gasteiger partial charge on any atom is -0.478 e. The van der Waals surface area contributed by atoms with Gasteiger partial charge in [-0.25, -0.2) is 14.4 Å². The molecule has 0 fully saturated rings. The Morgan fingerprint density at radius 2 is 2.05 bits per heavy atom. The third kappa shape index (κ3) is 3.74. The summed E-state index contributed by atoms with van der Waals surface area (Å²) in [6, 6.07) is 7.39. The number of rotatable bonds is 5. The van der Waals surface area contributed by atoms with Crippen molar-refractivity contribution < 1.29 is 13.9 Å². The van der Waals surface area contributed by atoms with E-state index in [1.54, 1.807) is 12.1 Å². The fourth-order valence-corrected chi connectivity index (χ4v) is 1.57. The molecular weight excluding hydrogens is 261 g/mol. The average molecular weight is 275 g/mol. The molecule has 20 heavy (non-hydrogen) atoms. The lowest BCUT2D eigenvalue weighted by atomic mass is 10.2. The van der Waals surface area contributed by atoms with Gasteiger partial charge in [0.1, 0.15) is 17.8 Å². The van der Waals surface area contributed by atoms with Crippen LogP contribution in [-0.4, -0.2) is 22.5 Å². The van der Waals surface area contributed by atoms with Gasteiger partial charge >= 0.3 is 0 Å². The van der Waals surface area contributed by atoms with Gasteiger partial charge in [0.15, 0.2) is 0 Å². The van der Waals surface area contributed by atoms with E-state index >= 15 is 0 Å². The van der Waals surface area contributed by atoms with Gasteiger partial charge in [0, 0.05) is 12.6 Å². The number of aromatic nitrogens is 2. The molecule has 0 saturated heterocycles. The van der Waals surface area contributed by atoms with E-state index < -0.39 is 0 Å². The van der Waals surface area contributed by atoms with E-state index in [1.807, 2.05) is 6.92 Å². The summed E-state index contributed by atoms with van der Waals surface area (Å²) in [5.74, 6) is -0.288. The normalized spacial score (nSPS) is 10.1. The fraction of sp³-hybridized carbons (Fsp3) is 0.214. The standard InChI is InChI=1S/C14H14FN3O2/c1-2-20-13-7-12(17-9-18-13)14(19)16-8-10-3-5-11(15)6-4-10/h3-7,9H,2,8H2,1H3,(H,16,19). The number of benzene rings is 1. The van der Waals surface area contributed by atoms with Crippen molar-refractivity contribution in [2.45, 2.75) is 13.5 Å². The fourth-order valence-electron chi connectivity index (χ4n) is 1.57. The summed E-state index contributed by atoms with van der Waals surface area (Å²) in [6.07, 6.45) is 1.28. The van der Waals surface area contributed by atoms with Gasteiger partial charge in [0.2, 0.25) is 5.88 Å². The molecule has 0 spiro atoms. The Kier molecular flexibility index (Phi) is 4.60. The minimum absolute atomic E-state index is 0.227. The molecule has 0 atom stereocenters. The highest BCUT2D eigenvalue weighted by Gasteiger charge is 2.08. The van der Waals surface area contributed by atoms with Crippen LogP contribution in [0.15, 0.2) is 36.7 Å². The summed E-state index contributed by atoms with van der Waals surface area (Å²) in [6.45, 7) is 2.59. The van der Waals surface area contributed by atoms with Crippen molar-refractivity contribution in [2.75, 3.05) is 6.61 Å². The first kappa shape index (κ1) is 13.9. The molecule has 1 amide bonds. The van der Waals surface area contributed by atoms with E-state index in [4.69, 9.17) is 4.74 Å². The molecule has 0 aliphatic rings. The zero-order chi connectivity index (χ0) is 14.4. The van der Waals surface area contributed by atoms with Crippen molar-refractivity contribution in [3.8, 4) is 5.88 Å². The molecule has 0 unspecified atom stereocenters. The van der Waals surface area contributed by atoms with Crippen LogP contribution in [0.5, 0.6) is 5.88 Å². The lowest BCUT2D eigenvalue weighted by Gasteiger charge is -2.06. The molecular formula is C14H14FN3O2. The number of hydrogen-bond donors (Lipinski definition) is 1. The molecule has 5 nitrogen and oxygen atoms in total. The van der Waals surface area contributed by atoms with E-state index in [1.165, 1.54) is 24.5 Å². The van der Waals surface area contributed by atoms with Gasteiger partial charge in [-0.1, -0.05) is 12.1 Å². The summed E-state index contributed by atoms with van der Waals surface area (Å²) in [5, 5.41) is 2.70. The van der Waals surface area contributed by atoms with E-state index in [9.17, 15) is 9.18 Å². The zero-order valence-electron chi connectivity index (χ0n) is 11.0. The molecule has 0 aliphatic carbocycles. The van der Waals surface area contributed by atoms with Gasteiger partial charge < -0.3 is 10.1 Å². The van der Waals surface area contributed by atoms with Crippen LogP contribution in [0.1, 0.15) is 23.0 Å². The summed E-state index contributed by atoms with van der Waals surface area (Å²) in [4.78, 5) is 19.7. The second-order valence-electron chi connectivity index (χ2n) is 3.98. The number of ether oxygens (including phenoxy) is 1. The zero-order valence-corrected chi connectivity index (χ0v) is 11.0. The first-order valence-electron chi connectivity index (χ1n) is 6.16. The van der Waals surface area contributed by atoms with E-state index in [0.717, 1.165) is 5.56 Å². The van der Waals surface area contributed by atoms with Crippen LogP contribution in [-0.2, 0) is 6.54 Å². The maximum Gasteiger partial charge on any atom is 0.270 e. The Bertz CT molecular complexity index is 587. The highest BCUT2D eigenvalue weighted by molar-refractivity contribution is 5.92. The molecule has 2 aromatic rings. The Morgan fingerprint density at radius 3 is 2.75 bits per heavy atom. The van der Waals surface area contributed by atoms with Crippen LogP contribution in [0.25, 0.3) is 0 Å². The van der Waals surface area contributed by atoms with Crippen LogP contribution in [0.2, 0.25) is 0 Å². The molecule has 104 valence electrons. The monoisotopic (exact) mass is 275 g/mol. The van der Waals surface area contributed by atoms with Crippen LogP contribution in [0.3, 0.4) is 0 Å². The molecule has 2 rings (SSSR count). The van der Waals surface area contributed by atoms with Crippen LogP contribution < -0.4 is 10.1 Å². The summed E-state index contributed by atoms with van der Waals surface area (Å²) in [7, 11) is 0. The SMILES string of the molecule is CCOc1cc(C(=O)NCc2ccc(F)cc2)ncn1. The topological polar surface area (TPSA) is 64.1 Å². The van der Waals surface area contributed by atoms with Crippen LogP contribution >= 0.6 is 0 Å². The molecule has 0 saturated carbocycles. The van der Waals surface area contributed by atoms with Crippen molar-refractivity contribution in [2.24, 2.45) is 0 Å². The Labute approximate surface area is 115 Å². The predicted molar refractivity (Wildman–Crippen MR) is 70.8 cm³/mol. The molecule has 1 aromatic heterocycles. The first-order valence-corrected chi connectivity index (χ1v) is 6.16. The Morgan fingerprint density at radius 1 is 1.30 bits per heavy atom. The number of halogens is 1. The lowest BCUT2D eigenvalue weighted by molar-refractivity contribution is 0.0945. The van der Waals surface area contributed by atoms with Gasteiger partial charge in [-0.15, -0.1) is 0 Å². The van der Waals surface area contributed by atoms with Gasteiger partial charge in [-0.3, -0.25) is 4.79 Å². The van der Waals surface area contributed by atoms with E-state index in [-0.39, 0.29) is 17.4 Å². The van der Waals surface area contributed by atoms with Crippen molar-refractivity contribution >= 4 is 5.91 Å². The van der Waals surface area contributed by atoms with Gasteiger partial charge in [0.05, 0.1) is 6.61 Å². The maximum atomic E-state index is 12.7. The predicted octanol–water partition coefficient (Wildman–Crippen LogP) is 1.94. The van der Waals surface area contributed by atoms with Crippen LogP contribution in [0, 0.1) is 5.82 Å². The number of carbonyl (C=O) groups is 1. The van der Waals surface area contributed by atoms with Crippen molar-refractivity contribution in [1.29, 1.82) is 0 Å². The first-order chi connectivity index (χ1) is 9.69. The summed E-state index contributed by atoms with van der Waals surface area (Å²) < 4.78 is 17.9. The molecule has 0 bridgehead atoms.